The van der Waals surface area contributed by atoms with E-state index in [0.717, 1.165) is 4.88 Å². The molecule has 126 valence electrons. The molecule has 0 bridgehead atoms. The summed E-state index contributed by atoms with van der Waals surface area (Å²) in [6, 6.07) is 4.04. The van der Waals surface area contributed by atoms with Gasteiger partial charge in [-0.2, -0.15) is 9.67 Å². The molecule has 0 saturated carbocycles. The van der Waals surface area contributed by atoms with Crippen LogP contribution in [0.15, 0.2) is 17.5 Å². The predicted octanol–water partition coefficient (Wildman–Crippen LogP) is 3.50. The molecular weight excluding hydrogens is 314 g/mol. The third-order valence-corrected chi connectivity index (χ3v) is 3.78. The number of hydrogen-bond acceptors (Lipinski definition) is 6. The maximum Gasteiger partial charge on any atom is 0.336 e. The number of carbonyl (C=O) groups is 1. The third kappa shape index (κ3) is 5.14. The molecule has 2 heterocycles. The fourth-order valence-corrected chi connectivity index (χ4v) is 2.66. The van der Waals surface area contributed by atoms with Crippen LogP contribution in [0.2, 0.25) is 0 Å². The molecule has 0 amide bonds. The van der Waals surface area contributed by atoms with Crippen LogP contribution in [0.25, 0.3) is 10.7 Å². The normalized spacial score (nSPS) is 11.7. The average Bonchev–Trinajstić information content (AvgIpc) is 3.10. The highest BCUT2D eigenvalue weighted by Crippen LogP contribution is 2.27. The van der Waals surface area contributed by atoms with Crippen LogP contribution in [0, 0.1) is 5.41 Å². The molecule has 0 aliphatic carbocycles. The lowest BCUT2D eigenvalue weighted by Crippen LogP contribution is -2.20. The van der Waals surface area contributed by atoms with Crippen LogP contribution < -0.4 is 4.74 Å². The first-order valence-electron chi connectivity index (χ1n) is 7.65. The van der Waals surface area contributed by atoms with E-state index in [-0.39, 0.29) is 17.3 Å². The van der Waals surface area contributed by atoms with Crippen LogP contribution in [0.1, 0.15) is 38.9 Å². The summed E-state index contributed by atoms with van der Waals surface area (Å²) in [6.07, 6.45) is 0.382. The Morgan fingerprint density at radius 3 is 2.74 bits per heavy atom. The Morgan fingerprint density at radius 2 is 2.13 bits per heavy atom. The minimum absolute atomic E-state index is 0.0898. The molecule has 0 aliphatic heterocycles. The Hall–Kier alpha value is -1.73. The van der Waals surface area contributed by atoms with Crippen LogP contribution in [0.4, 0.5) is 0 Å². The highest BCUT2D eigenvalue weighted by atomic mass is 32.1. The molecule has 0 spiro atoms. The van der Waals surface area contributed by atoms with E-state index in [4.69, 9.17) is 9.47 Å². The molecule has 0 atom stereocenters. The second-order valence-corrected chi connectivity index (χ2v) is 7.23. The Morgan fingerprint density at radius 1 is 1.35 bits per heavy atom. The molecule has 6 nitrogen and oxygen atoms in total. The first-order valence-corrected chi connectivity index (χ1v) is 8.53. The number of ether oxygens (including phenoxy) is 2. The fraction of sp³-hybridized carbons (Fsp3) is 0.562. The quantitative estimate of drug-likeness (QED) is 0.724. The number of nitrogens with zero attached hydrogens (tertiary/aromatic N) is 3. The first kappa shape index (κ1) is 17.6. The van der Waals surface area contributed by atoms with Gasteiger partial charge in [-0.1, -0.05) is 26.8 Å². The van der Waals surface area contributed by atoms with Crippen molar-refractivity contribution in [3.63, 3.8) is 0 Å². The van der Waals surface area contributed by atoms with Gasteiger partial charge < -0.3 is 9.47 Å². The molecule has 0 radical (unpaired) electrons. The number of hydrogen-bond donors (Lipinski definition) is 0. The van der Waals surface area contributed by atoms with Crippen LogP contribution >= 0.6 is 11.3 Å². The van der Waals surface area contributed by atoms with Crippen molar-refractivity contribution in [1.82, 2.24) is 14.8 Å². The zero-order valence-corrected chi connectivity index (χ0v) is 14.9. The Balaban J connectivity index is 2.21. The van der Waals surface area contributed by atoms with E-state index < -0.39 is 0 Å². The molecule has 0 aromatic carbocycles. The highest BCUT2D eigenvalue weighted by molar-refractivity contribution is 7.13. The van der Waals surface area contributed by atoms with E-state index in [2.05, 4.69) is 10.1 Å². The van der Waals surface area contributed by atoms with E-state index in [1.165, 1.54) is 16.0 Å². The lowest BCUT2D eigenvalue weighted by Gasteiger charge is -2.16. The monoisotopic (exact) mass is 337 g/mol. The second kappa shape index (κ2) is 7.70. The van der Waals surface area contributed by atoms with Crippen molar-refractivity contribution in [2.24, 2.45) is 5.41 Å². The van der Waals surface area contributed by atoms with Gasteiger partial charge >= 0.3 is 6.01 Å². The van der Waals surface area contributed by atoms with Gasteiger partial charge in [0, 0.05) is 13.0 Å². The lowest BCUT2D eigenvalue weighted by atomic mass is 9.92. The van der Waals surface area contributed by atoms with Gasteiger partial charge in [0.1, 0.15) is 6.61 Å². The Labute approximate surface area is 140 Å². The maximum atomic E-state index is 12.6. The van der Waals surface area contributed by atoms with Gasteiger partial charge in [-0.3, -0.25) is 4.79 Å². The molecular formula is C16H23N3O3S. The zero-order valence-electron chi connectivity index (χ0n) is 14.0. The van der Waals surface area contributed by atoms with Gasteiger partial charge in [0.05, 0.1) is 11.5 Å². The molecule has 23 heavy (non-hydrogen) atoms. The van der Waals surface area contributed by atoms with Crippen LogP contribution in [0.3, 0.4) is 0 Å². The topological polar surface area (TPSA) is 66.2 Å². The van der Waals surface area contributed by atoms with Crippen molar-refractivity contribution in [2.75, 3.05) is 19.8 Å². The number of carbonyl (C=O) groups excluding carboxylic acids is 1. The molecule has 2 aromatic rings. The molecule has 2 rings (SSSR count). The zero-order chi connectivity index (χ0) is 16.9. The summed E-state index contributed by atoms with van der Waals surface area (Å²) in [6.45, 7) is 9.44. The van der Waals surface area contributed by atoms with E-state index in [1.807, 2.05) is 45.2 Å². The fourth-order valence-electron chi connectivity index (χ4n) is 1.96. The first-order chi connectivity index (χ1) is 10.9. The summed E-state index contributed by atoms with van der Waals surface area (Å²) in [7, 11) is 0. The van der Waals surface area contributed by atoms with E-state index in [0.29, 0.717) is 32.1 Å². The molecule has 0 fully saturated rings. The van der Waals surface area contributed by atoms with E-state index in [9.17, 15) is 4.79 Å². The van der Waals surface area contributed by atoms with Crippen molar-refractivity contribution in [3.8, 4) is 16.7 Å². The summed E-state index contributed by atoms with van der Waals surface area (Å²) >= 11 is 1.52. The molecule has 0 N–H and O–H groups in total. The van der Waals surface area contributed by atoms with Crippen LogP contribution in [-0.2, 0) is 4.74 Å². The summed E-state index contributed by atoms with van der Waals surface area (Å²) in [5.74, 6) is 0.439. The van der Waals surface area contributed by atoms with Gasteiger partial charge in [0.25, 0.3) is 0 Å². The molecule has 0 aliphatic rings. The summed E-state index contributed by atoms with van der Waals surface area (Å²) in [5.41, 5.74) is -0.119. The van der Waals surface area contributed by atoms with Gasteiger partial charge in [0.15, 0.2) is 5.82 Å². The number of thiophene rings is 1. The van der Waals surface area contributed by atoms with Gasteiger partial charge in [-0.05, 0) is 23.8 Å². The van der Waals surface area contributed by atoms with Crippen molar-refractivity contribution in [3.05, 3.63) is 17.5 Å². The van der Waals surface area contributed by atoms with Crippen molar-refractivity contribution in [1.29, 1.82) is 0 Å². The van der Waals surface area contributed by atoms with Crippen LogP contribution in [-0.4, -0.2) is 40.5 Å². The number of rotatable bonds is 7. The minimum atomic E-state index is -0.119. The average molecular weight is 337 g/mol. The summed E-state index contributed by atoms with van der Waals surface area (Å²) < 4.78 is 12.1. The lowest BCUT2D eigenvalue weighted by molar-refractivity contribution is 0.0836. The third-order valence-electron chi connectivity index (χ3n) is 2.91. The van der Waals surface area contributed by atoms with Gasteiger partial charge in [0.2, 0.25) is 5.91 Å². The van der Waals surface area contributed by atoms with E-state index >= 15 is 0 Å². The van der Waals surface area contributed by atoms with E-state index in [1.54, 1.807) is 0 Å². The standard InChI is InChI=1S/C16H23N3O3S/c1-5-21-8-9-22-15-17-14(12-7-6-10-23-12)19(18-15)13(20)11-16(2,3)4/h6-7,10H,5,8-9,11H2,1-4H3. The second-order valence-electron chi connectivity index (χ2n) is 6.28. The van der Waals surface area contributed by atoms with Crippen molar-refractivity contribution < 1.29 is 14.3 Å². The number of aromatic nitrogens is 3. The molecule has 0 saturated heterocycles. The largest absolute Gasteiger partial charge is 0.460 e. The molecule has 7 heteroatoms. The highest BCUT2D eigenvalue weighted by Gasteiger charge is 2.23. The molecule has 0 unspecified atom stereocenters. The van der Waals surface area contributed by atoms with Gasteiger partial charge in [-0.15, -0.1) is 16.4 Å². The van der Waals surface area contributed by atoms with Crippen LogP contribution in [0.5, 0.6) is 6.01 Å². The van der Waals surface area contributed by atoms with Crippen molar-refractivity contribution in [2.45, 2.75) is 34.1 Å². The van der Waals surface area contributed by atoms with Gasteiger partial charge in [-0.25, -0.2) is 0 Å². The maximum absolute atomic E-state index is 12.6. The predicted molar refractivity (Wildman–Crippen MR) is 90.0 cm³/mol. The summed E-state index contributed by atoms with van der Waals surface area (Å²) in [4.78, 5) is 17.8. The summed E-state index contributed by atoms with van der Waals surface area (Å²) in [5, 5.41) is 6.18. The molecule has 2 aromatic heterocycles. The minimum Gasteiger partial charge on any atom is -0.460 e. The van der Waals surface area contributed by atoms with Crippen molar-refractivity contribution >= 4 is 17.2 Å². The smallest absolute Gasteiger partial charge is 0.336 e. The Bertz CT molecular complexity index is 630. The SMILES string of the molecule is CCOCCOc1nc(-c2cccs2)n(C(=O)CC(C)(C)C)n1. The Kier molecular flexibility index (Phi) is 5.90.